The molecule has 0 amide bonds. The summed E-state index contributed by atoms with van der Waals surface area (Å²) in [6.45, 7) is 4.32. The molecular weight excluding hydrogens is 144 g/mol. The molecule has 0 aliphatic carbocycles. The molecule has 0 rings (SSSR count). The van der Waals surface area contributed by atoms with Crippen molar-refractivity contribution in [2.24, 2.45) is 0 Å². The lowest BCUT2D eigenvalue weighted by atomic mass is 10.3. The fraction of sp³-hybridized carbons (Fsp3) is 0.875. The SMILES string of the molecule is CCCCOC(CC)C([O])=O. The summed E-state index contributed by atoms with van der Waals surface area (Å²) in [5.74, 6) is -1.11. The van der Waals surface area contributed by atoms with Crippen molar-refractivity contribution in [3.05, 3.63) is 0 Å². The van der Waals surface area contributed by atoms with Crippen LogP contribution in [0.1, 0.15) is 33.1 Å². The highest BCUT2D eigenvalue weighted by atomic mass is 16.5. The third-order valence-corrected chi connectivity index (χ3v) is 1.45. The van der Waals surface area contributed by atoms with Gasteiger partial charge in [-0.25, -0.2) is 9.90 Å². The third-order valence-electron chi connectivity index (χ3n) is 1.45. The van der Waals surface area contributed by atoms with Crippen LogP contribution in [-0.2, 0) is 14.6 Å². The molecule has 0 spiro atoms. The lowest BCUT2D eigenvalue weighted by Gasteiger charge is -2.08. The van der Waals surface area contributed by atoms with Gasteiger partial charge < -0.3 is 4.74 Å². The van der Waals surface area contributed by atoms with Gasteiger partial charge >= 0.3 is 5.97 Å². The van der Waals surface area contributed by atoms with E-state index in [9.17, 15) is 9.90 Å². The van der Waals surface area contributed by atoms with Gasteiger partial charge in [0.25, 0.3) is 0 Å². The maximum absolute atomic E-state index is 10.3. The summed E-state index contributed by atoms with van der Waals surface area (Å²) < 4.78 is 5.03. The lowest BCUT2D eigenvalue weighted by molar-refractivity contribution is -0.157. The van der Waals surface area contributed by atoms with Crippen molar-refractivity contribution in [1.29, 1.82) is 0 Å². The van der Waals surface area contributed by atoms with Crippen molar-refractivity contribution in [1.82, 2.24) is 0 Å². The predicted molar refractivity (Wildman–Crippen MR) is 40.6 cm³/mol. The fourth-order valence-corrected chi connectivity index (χ4v) is 0.722. The van der Waals surface area contributed by atoms with Gasteiger partial charge in [-0.05, 0) is 12.8 Å². The van der Waals surface area contributed by atoms with E-state index in [1.807, 2.05) is 6.92 Å². The first kappa shape index (κ1) is 10.4. The average Bonchev–Trinajstić information content (AvgIpc) is 1.97. The van der Waals surface area contributed by atoms with Crippen molar-refractivity contribution in [2.45, 2.75) is 39.2 Å². The number of carbonyl (C=O) groups excluding carboxylic acids is 1. The van der Waals surface area contributed by atoms with Crippen LogP contribution in [0.5, 0.6) is 0 Å². The molecule has 3 heteroatoms. The predicted octanol–water partition coefficient (Wildman–Crippen LogP) is 1.54. The number of ether oxygens (including phenoxy) is 1. The van der Waals surface area contributed by atoms with Crippen molar-refractivity contribution in [2.75, 3.05) is 6.61 Å². The maximum atomic E-state index is 10.3. The molecule has 0 aromatic carbocycles. The van der Waals surface area contributed by atoms with Crippen LogP contribution in [0, 0.1) is 0 Å². The molecule has 0 aromatic heterocycles. The highest BCUT2D eigenvalue weighted by Crippen LogP contribution is 2.00. The van der Waals surface area contributed by atoms with E-state index in [4.69, 9.17) is 4.74 Å². The fourth-order valence-electron chi connectivity index (χ4n) is 0.722. The molecule has 1 unspecified atom stereocenters. The minimum absolute atomic E-state index is 0.478. The van der Waals surface area contributed by atoms with E-state index < -0.39 is 12.1 Å². The molecule has 0 bridgehead atoms. The van der Waals surface area contributed by atoms with Crippen LogP contribution >= 0.6 is 0 Å². The first-order valence-electron chi connectivity index (χ1n) is 4.04. The third kappa shape index (κ3) is 4.79. The second-order valence-corrected chi connectivity index (χ2v) is 2.44. The number of unbranched alkanes of at least 4 members (excludes halogenated alkanes) is 1. The maximum Gasteiger partial charge on any atom is 0.383 e. The minimum Gasteiger partial charge on any atom is -0.366 e. The van der Waals surface area contributed by atoms with Crippen molar-refractivity contribution in [3.63, 3.8) is 0 Å². The number of carbonyl (C=O) groups is 1. The Labute approximate surface area is 67.4 Å². The van der Waals surface area contributed by atoms with Crippen LogP contribution < -0.4 is 0 Å². The molecule has 0 aliphatic rings. The van der Waals surface area contributed by atoms with Gasteiger partial charge in [0.15, 0.2) is 6.10 Å². The molecule has 1 radical (unpaired) electrons. The molecular formula is C8H15O3. The zero-order chi connectivity index (χ0) is 8.69. The Bertz CT molecular complexity index is 112. The molecule has 0 saturated heterocycles. The van der Waals surface area contributed by atoms with E-state index in [1.165, 1.54) is 0 Å². The van der Waals surface area contributed by atoms with Gasteiger partial charge in [-0.1, -0.05) is 20.3 Å². The Balaban J connectivity index is 3.44. The van der Waals surface area contributed by atoms with Gasteiger partial charge in [-0.15, -0.1) is 0 Å². The summed E-state index contributed by atoms with van der Waals surface area (Å²) in [6, 6.07) is 0. The topological polar surface area (TPSA) is 46.2 Å². The Hall–Kier alpha value is -0.570. The summed E-state index contributed by atoms with van der Waals surface area (Å²) in [4.78, 5) is 10.3. The van der Waals surface area contributed by atoms with Gasteiger partial charge in [0.1, 0.15) is 0 Å². The van der Waals surface area contributed by atoms with E-state index in [1.54, 1.807) is 6.92 Å². The zero-order valence-corrected chi connectivity index (χ0v) is 7.13. The summed E-state index contributed by atoms with van der Waals surface area (Å²) in [5, 5.41) is 10.3. The molecule has 0 saturated carbocycles. The van der Waals surface area contributed by atoms with Crippen molar-refractivity contribution in [3.8, 4) is 0 Å². The van der Waals surface area contributed by atoms with Gasteiger partial charge in [-0.3, -0.25) is 0 Å². The Kier molecular flexibility index (Phi) is 5.84. The van der Waals surface area contributed by atoms with Crippen molar-refractivity contribution < 1.29 is 14.6 Å². The normalized spacial score (nSPS) is 12.9. The summed E-state index contributed by atoms with van der Waals surface area (Å²) in [7, 11) is 0. The van der Waals surface area contributed by atoms with Crippen molar-refractivity contribution >= 4 is 5.97 Å². The summed E-state index contributed by atoms with van der Waals surface area (Å²) in [6.07, 6.45) is 1.68. The van der Waals surface area contributed by atoms with E-state index in [0.717, 1.165) is 12.8 Å². The first-order valence-corrected chi connectivity index (χ1v) is 4.04. The van der Waals surface area contributed by atoms with Crippen LogP contribution in [-0.4, -0.2) is 18.7 Å². The number of rotatable bonds is 6. The van der Waals surface area contributed by atoms with Gasteiger partial charge in [0.05, 0.1) is 0 Å². The molecule has 0 aromatic rings. The summed E-state index contributed by atoms with van der Waals surface area (Å²) >= 11 is 0. The monoisotopic (exact) mass is 159 g/mol. The highest BCUT2D eigenvalue weighted by Gasteiger charge is 2.16. The Morgan fingerprint density at radius 3 is 2.45 bits per heavy atom. The molecule has 3 nitrogen and oxygen atoms in total. The van der Waals surface area contributed by atoms with Gasteiger partial charge in [-0.2, -0.15) is 0 Å². The Morgan fingerprint density at radius 2 is 2.09 bits per heavy atom. The van der Waals surface area contributed by atoms with Crippen LogP contribution in [0.4, 0.5) is 0 Å². The first-order chi connectivity index (χ1) is 5.22. The number of hydrogen-bond acceptors (Lipinski definition) is 2. The van der Waals surface area contributed by atoms with E-state index >= 15 is 0 Å². The standard InChI is InChI=1S/C8H15O3/c1-3-5-6-11-7(4-2)8(9)10/h7H,3-6H2,1-2H3. The molecule has 11 heavy (non-hydrogen) atoms. The minimum atomic E-state index is -1.11. The average molecular weight is 159 g/mol. The van der Waals surface area contributed by atoms with E-state index in [0.29, 0.717) is 13.0 Å². The second kappa shape index (κ2) is 6.16. The van der Waals surface area contributed by atoms with Crippen LogP contribution in [0.25, 0.3) is 0 Å². The van der Waals surface area contributed by atoms with Crippen LogP contribution in [0.3, 0.4) is 0 Å². The van der Waals surface area contributed by atoms with Gasteiger partial charge in [0, 0.05) is 6.61 Å². The van der Waals surface area contributed by atoms with Crippen LogP contribution in [0.2, 0.25) is 0 Å². The highest BCUT2D eigenvalue weighted by molar-refractivity contribution is 5.71. The molecule has 65 valence electrons. The molecule has 0 fully saturated rings. The zero-order valence-electron chi connectivity index (χ0n) is 7.13. The largest absolute Gasteiger partial charge is 0.383 e. The quantitative estimate of drug-likeness (QED) is 0.552. The number of hydrogen-bond donors (Lipinski definition) is 0. The van der Waals surface area contributed by atoms with E-state index in [-0.39, 0.29) is 0 Å². The van der Waals surface area contributed by atoms with Crippen LogP contribution in [0.15, 0.2) is 0 Å². The smallest absolute Gasteiger partial charge is 0.366 e. The van der Waals surface area contributed by atoms with E-state index in [2.05, 4.69) is 0 Å². The Morgan fingerprint density at radius 1 is 1.45 bits per heavy atom. The molecule has 1 atom stereocenters. The lowest BCUT2D eigenvalue weighted by Crippen LogP contribution is -2.22. The molecule has 0 heterocycles. The summed E-state index contributed by atoms with van der Waals surface area (Å²) in [5.41, 5.74) is 0. The molecule has 0 N–H and O–H groups in total. The van der Waals surface area contributed by atoms with Gasteiger partial charge in [0.2, 0.25) is 0 Å². The molecule has 0 aliphatic heterocycles. The second-order valence-electron chi connectivity index (χ2n) is 2.44.